The van der Waals surface area contributed by atoms with Gasteiger partial charge in [-0.15, -0.1) is 0 Å². The maximum absolute atomic E-state index is 11.9. The first-order chi connectivity index (χ1) is 10.1. The van der Waals surface area contributed by atoms with Crippen LogP contribution < -0.4 is 5.32 Å². The highest BCUT2D eigenvalue weighted by atomic mass is 16.5. The van der Waals surface area contributed by atoms with Crippen LogP contribution in [-0.4, -0.2) is 17.9 Å². The lowest BCUT2D eigenvalue weighted by Crippen LogP contribution is -2.34. The molecule has 1 N–H and O–H groups in total. The second kappa shape index (κ2) is 7.81. The first kappa shape index (κ1) is 15.5. The van der Waals surface area contributed by atoms with Gasteiger partial charge in [-0.05, 0) is 18.4 Å². The van der Waals surface area contributed by atoms with Gasteiger partial charge in [-0.2, -0.15) is 0 Å². The summed E-state index contributed by atoms with van der Waals surface area (Å²) in [6.45, 7) is 2.00. The molecule has 0 aromatic heterocycles. The summed E-state index contributed by atoms with van der Waals surface area (Å²) in [6.07, 6.45) is 4.67. The van der Waals surface area contributed by atoms with E-state index in [0.29, 0.717) is 6.04 Å². The van der Waals surface area contributed by atoms with E-state index in [1.807, 2.05) is 30.3 Å². The molecule has 4 nitrogen and oxygen atoms in total. The standard InChI is InChI=1S/C17H23NO3/c1-13(11-16(19)18-15-9-5-6-10-15)17(20)21-12-14-7-3-2-4-8-14/h2-4,7-8,13,15H,5-6,9-12H2,1H3,(H,18,19)/t13-/m0/s1. The molecule has 1 saturated carbocycles. The van der Waals surface area contributed by atoms with Gasteiger partial charge in [0.05, 0.1) is 5.92 Å². The monoisotopic (exact) mass is 289 g/mol. The second-order valence-electron chi connectivity index (χ2n) is 5.75. The first-order valence-electron chi connectivity index (χ1n) is 7.65. The fourth-order valence-corrected chi connectivity index (χ4v) is 2.59. The van der Waals surface area contributed by atoms with Gasteiger partial charge in [-0.1, -0.05) is 50.1 Å². The van der Waals surface area contributed by atoms with E-state index < -0.39 is 5.92 Å². The molecule has 2 rings (SSSR count). The summed E-state index contributed by atoms with van der Waals surface area (Å²) in [5.41, 5.74) is 0.952. The number of ether oxygens (including phenoxy) is 1. The number of hydrogen-bond acceptors (Lipinski definition) is 3. The number of rotatable bonds is 6. The van der Waals surface area contributed by atoms with Crippen LogP contribution in [0, 0.1) is 5.92 Å². The Hall–Kier alpha value is -1.84. The van der Waals surface area contributed by atoms with E-state index in [-0.39, 0.29) is 24.9 Å². The summed E-state index contributed by atoms with van der Waals surface area (Å²) in [7, 11) is 0. The van der Waals surface area contributed by atoms with Crippen molar-refractivity contribution in [1.29, 1.82) is 0 Å². The fraction of sp³-hybridized carbons (Fsp3) is 0.529. The summed E-state index contributed by atoms with van der Waals surface area (Å²) in [5.74, 6) is -0.776. The van der Waals surface area contributed by atoms with Gasteiger partial charge in [0.1, 0.15) is 6.61 Å². The molecular weight excluding hydrogens is 266 g/mol. The molecule has 1 fully saturated rings. The van der Waals surface area contributed by atoms with Crippen molar-refractivity contribution in [2.24, 2.45) is 5.92 Å². The largest absolute Gasteiger partial charge is 0.461 e. The Balaban J connectivity index is 1.70. The SMILES string of the molecule is C[C@@H](CC(=O)NC1CCCC1)C(=O)OCc1ccccc1. The molecule has 4 heteroatoms. The highest BCUT2D eigenvalue weighted by molar-refractivity contribution is 5.82. The summed E-state index contributed by atoms with van der Waals surface area (Å²) >= 11 is 0. The van der Waals surface area contributed by atoms with Crippen LogP contribution in [-0.2, 0) is 20.9 Å². The highest BCUT2D eigenvalue weighted by Crippen LogP contribution is 2.18. The Morgan fingerprint density at radius 3 is 2.57 bits per heavy atom. The van der Waals surface area contributed by atoms with Crippen molar-refractivity contribution in [3.63, 3.8) is 0 Å². The Kier molecular flexibility index (Phi) is 5.78. The molecule has 1 aromatic carbocycles. The third kappa shape index (κ3) is 5.21. The van der Waals surface area contributed by atoms with Crippen molar-refractivity contribution in [1.82, 2.24) is 5.32 Å². The molecule has 1 atom stereocenters. The number of carbonyl (C=O) groups is 2. The zero-order valence-electron chi connectivity index (χ0n) is 12.5. The van der Waals surface area contributed by atoms with E-state index in [2.05, 4.69) is 5.32 Å². The average Bonchev–Trinajstić information content (AvgIpc) is 2.98. The van der Waals surface area contributed by atoms with Gasteiger partial charge in [0, 0.05) is 12.5 Å². The third-order valence-corrected chi connectivity index (χ3v) is 3.84. The van der Waals surface area contributed by atoms with E-state index in [1.165, 1.54) is 12.8 Å². The van der Waals surface area contributed by atoms with Gasteiger partial charge in [0.15, 0.2) is 0 Å². The first-order valence-corrected chi connectivity index (χ1v) is 7.65. The Morgan fingerprint density at radius 1 is 1.24 bits per heavy atom. The molecule has 0 spiro atoms. The molecule has 0 aliphatic heterocycles. The molecule has 1 amide bonds. The summed E-state index contributed by atoms with van der Waals surface area (Å²) in [4.78, 5) is 23.8. The molecule has 21 heavy (non-hydrogen) atoms. The molecule has 0 radical (unpaired) electrons. The summed E-state index contributed by atoms with van der Waals surface area (Å²) in [5, 5.41) is 2.99. The number of amides is 1. The van der Waals surface area contributed by atoms with Crippen molar-refractivity contribution in [2.45, 2.75) is 51.7 Å². The van der Waals surface area contributed by atoms with Gasteiger partial charge >= 0.3 is 5.97 Å². The maximum Gasteiger partial charge on any atom is 0.309 e. The minimum atomic E-state index is -0.407. The quantitative estimate of drug-likeness (QED) is 0.819. The molecule has 1 aliphatic carbocycles. The topological polar surface area (TPSA) is 55.4 Å². The zero-order chi connectivity index (χ0) is 15.1. The fourth-order valence-electron chi connectivity index (χ4n) is 2.59. The maximum atomic E-state index is 11.9. The van der Waals surface area contributed by atoms with Gasteiger partial charge in [-0.25, -0.2) is 0 Å². The van der Waals surface area contributed by atoms with E-state index >= 15 is 0 Å². The minimum absolute atomic E-state index is 0.0499. The normalized spacial score (nSPS) is 16.4. The molecule has 1 aliphatic rings. The van der Waals surface area contributed by atoms with E-state index in [4.69, 9.17) is 4.74 Å². The molecule has 0 bridgehead atoms. The Labute approximate surface area is 125 Å². The predicted molar refractivity (Wildman–Crippen MR) is 80.4 cm³/mol. The van der Waals surface area contributed by atoms with Crippen LogP contribution in [0.1, 0.15) is 44.6 Å². The van der Waals surface area contributed by atoms with Gasteiger partial charge in [0.25, 0.3) is 0 Å². The van der Waals surface area contributed by atoms with Crippen LogP contribution in [0.2, 0.25) is 0 Å². The van der Waals surface area contributed by atoms with Crippen LogP contribution in [0.15, 0.2) is 30.3 Å². The summed E-state index contributed by atoms with van der Waals surface area (Å²) in [6, 6.07) is 9.84. The van der Waals surface area contributed by atoms with Crippen molar-refractivity contribution in [3.8, 4) is 0 Å². The number of benzene rings is 1. The van der Waals surface area contributed by atoms with Crippen LogP contribution in [0.4, 0.5) is 0 Å². The van der Waals surface area contributed by atoms with Crippen LogP contribution >= 0.6 is 0 Å². The van der Waals surface area contributed by atoms with Crippen LogP contribution in [0.5, 0.6) is 0 Å². The highest BCUT2D eigenvalue weighted by Gasteiger charge is 2.22. The lowest BCUT2D eigenvalue weighted by atomic mass is 10.1. The zero-order valence-corrected chi connectivity index (χ0v) is 12.5. The Bertz CT molecular complexity index is 466. The van der Waals surface area contributed by atoms with Crippen LogP contribution in [0.25, 0.3) is 0 Å². The van der Waals surface area contributed by atoms with Crippen LogP contribution in [0.3, 0.4) is 0 Å². The molecule has 114 valence electrons. The summed E-state index contributed by atoms with van der Waals surface area (Å²) < 4.78 is 5.24. The number of nitrogens with one attached hydrogen (secondary N) is 1. The van der Waals surface area contributed by atoms with E-state index in [1.54, 1.807) is 6.92 Å². The van der Waals surface area contributed by atoms with Gasteiger partial charge < -0.3 is 10.1 Å². The molecule has 0 heterocycles. The van der Waals surface area contributed by atoms with E-state index in [0.717, 1.165) is 18.4 Å². The second-order valence-corrected chi connectivity index (χ2v) is 5.75. The Morgan fingerprint density at radius 2 is 1.90 bits per heavy atom. The lowest BCUT2D eigenvalue weighted by Gasteiger charge is -2.15. The number of hydrogen-bond donors (Lipinski definition) is 1. The predicted octanol–water partition coefficient (Wildman–Crippen LogP) is 2.81. The molecule has 1 aromatic rings. The average molecular weight is 289 g/mol. The third-order valence-electron chi connectivity index (χ3n) is 3.84. The molecule has 0 unspecified atom stereocenters. The van der Waals surface area contributed by atoms with Gasteiger partial charge in [-0.3, -0.25) is 9.59 Å². The smallest absolute Gasteiger partial charge is 0.309 e. The van der Waals surface area contributed by atoms with E-state index in [9.17, 15) is 9.59 Å². The number of esters is 1. The van der Waals surface area contributed by atoms with Crippen molar-refractivity contribution in [3.05, 3.63) is 35.9 Å². The van der Waals surface area contributed by atoms with Gasteiger partial charge in [0.2, 0.25) is 5.91 Å². The minimum Gasteiger partial charge on any atom is -0.461 e. The molecular formula is C17H23NO3. The van der Waals surface area contributed by atoms with Crippen molar-refractivity contribution in [2.75, 3.05) is 0 Å². The van der Waals surface area contributed by atoms with Crippen molar-refractivity contribution >= 4 is 11.9 Å². The van der Waals surface area contributed by atoms with Crippen molar-refractivity contribution < 1.29 is 14.3 Å². The molecule has 0 saturated heterocycles. The number of carbonyl (C=O) groups excluding carboxylic acids is 2. The lowest BCUT2D eigenvalue weighted by molar-refractivity contribution is -0.151.